The van der Waals surface area contributed by atoms with Crippen LogP contribution in [0.15, 0.2) is 53.7 Å². The summed E-state index contributed by atoms with van der Waals surface area (Å²) >= 11 is 0. The predicted molar refractivity (Wildman–Crippen MR) is 104 cm³/mol. The molecule has 0 bridgehead atoms. The standard InChI is InChI=1S/C16H15NO6S.C4H8O/c1-2-23-16(20)15(19)10-14(18)12-8-9-17(11-12)24(21,22)13-6-4-3-5-7-13;1-2-4-5-3-1/h3-9,11H,2,10H2,1H3;1-4H2. The molecule has 2 heterocycles. The molecule has 1 fully saturated rings. The molecule has 0 aliphatic carbocycles. The summed E-state index contributed by atoms with van der Waals surface area (Å²) in [6, 6.07) is 9.00. The minimum atomic E-state index is -3.82. The fourth-order valence-electron chi connectivity index (χ4n) is 2.45. The maximum atomic E-state index is 12.4. The number of ether oxygens (including phenoxy) is 2. The summed E-state index contributed by atoms with van der Waals surface area (Å²) in [7, 11) is -3.82. The van der Waals surface area contributed by atoms with Crippen LogP contribution >= 0.6 is 0 Å². The van der Waals surface area contributed by atoms with Crippen LogP contribution in [0, 0.1) is 0 Å². The van der Waals surface area contributed by atoms with Gasteiger partial charge in [-0.3, -0.25) is 9.59 Å². The number of nitrogens with zero attached hydrogens (tertiary/aromatic N) is 1. The van der Waals surface area contributed by atoms with Crippen molar-refractivity contribution in [2.75, 3.05) is 19.8 Å². The van der Waals surface area contributed by atoms with Crippen LogP contribution in [0.25, 0.3) is 0 Å². The van der Waals surface area contributed by atoms with Gasteiger partial charge >= 0.3 is 5.97 Å². The second kappa shape index (κ2) is 10.7. The van der Waals surface area contributed by atoms with Crippen LogP contribution in [0.4, 0.5) is 0 Å². The van der Waals surface area contributed by atoms with E-state index in [2.05, 4.69) is 4.74 Å². The van der Waals surface area contributed by atoms with E-state index >= 15 is 0 Å². The molecule has 29 heavy (non-hydrogen) atoms. The summed E-state index contributed by atoms with van der Waals surface area (Å²) in [5.41, 5.74) is 0.0205. The summed E-state index contributed by atoms with van der Waals surface area (Å²) in [6.07, 6.45) is 4.21. The van der Waals surface area contributed by atoms with Crippen LogP contribution in [0.3, 0.4) is 0 Å². The van der Waals surface area contributed by atoms with E-state index in [1.54, 1.807) is 25.1 Å². The molecule has 1 aliphatic heterocycles. The van der Waals surface area contributed by atoms with Crippen molar-refractivity contribution < 1.29 is 32.3 Å². The Hall–Kier alpha value is -2.78. The van der Waals surface area contributed by atoms with Crippen LogP contribution in [-0.2, 0) is 29.1 Å². The van der Waals surface area contributed by atoms with Crippen molar-refractivity contribution >= 4 is 27.6 Å². The first-order valence-electron chi connectivity index (χ1n) is 9.15. The van der Waals surface area contributed by atoms with E-state index in [1.807, 2.05) is 0 Å². The molecule has 1 saturated heterocycles. The van der Waals surface area contributed by atoms with Gasteiger partial charge in [0, 0.05) is 31.2 Å². The van der Waals surface area contributed by atoms with Crippen molar-refractivity contribution in [2.45, 2.75) is 31.1 Å². The van der Waals surface area contributed by atoms with Crippen LogP contribution < -0.4 is 0 Å². The molecule has 0 spiro atoms. The average molecular weight is 421 g/mol. The normalized spacial score (nSPS) is 13.3. The van der Waals surface area contributed by atoms with Gasteiger partial charge in [-0.25, -0.2) is 17.2 Å². The van der Waals surface area contributed by atoms with Gasteiger partial charge in [-0.05, 0) is 38.0 Å². The number of carbonyl (C=O) groups is 3. The minimum absolute atomic E-state index is 0.0205. The number of benzene rings is 1. The van der Waals surface area contributed by atoms with Crippen LogP contribution in [0.5, 0.6) is 0 Å². The molecule has 1 aromatic carbocycles. The van der Waals surface area contributed by atoms with Gasteiger partial charge in [0.2, 0.25) is 5.78 Å². The van der Waals surface area contributed by atoms with Crippen molar-refractivity contribution in [3.05, 3.63) is 54.4 Å². The van der Waals surface area contributed by atoms with E-state index in [9.17, 15) is 22.8 Å². The average Bonchev–Trinajstić information content (AvgIpc) is 3.44. The van der Waals surface area contributed by atoms with E-state index in [0.29, 0.717) is 0 Å². The van der Waals surface area contributed by atoms with Gasteiger partial charge in [0.25, 0.3) is 10.0 Å². The lowest BCUT2D eigenvalue weighted by Crippen LogP contribution is -2.20. The highest BCUT2D eigenvalue weighted by molar-refractivity contribution is 7.90. The second-order valence-electron chi connectivity index (χ2n) is 6.11. The number of ketones is 2. The Bertz CT molecular complexity index is 937. The van der Waals surface area contributed by atoms with Crippen LogP contribution in [-0.4, -0.2) is 49.7 Å². The summed E-state index contributed by atoms with van der Waals surface area (Å²) in [5, 5.41) is 0. The third-order valence-corrected chi connectivity index (χ3v) is 5.61. The Morgan fingerprint density at radius 3 is 2.28 bits per heavy atom. The molecular formula is C20H23NO7S. The smallest absolute Gasteiger partial charge is 0.375 e. The molecule has 9 heteroatoms. The number of hydrogen-bond acceptors (Lipinski definition) is 7. The Labute approximate surface area is 169 Å². The Kier molecular flexibility index (Phi) is 8.29. The van der Waals surface area contributed by atoms with Gasteiger partial charge in [-0.2, -0.15) is 0 Å². The van der Waals surface area contributed by atoms with Crippen molar-refractivity contribution in [3.8, 4) is 0 Å². The molecule has 0 unspecified atom stereocenters. The molecule has 0 saturated carbocycles. The number of aromatic nitrogens is 1. The lowest BCUT2D eigenvalue weighted by molar-refractivity contribution is -0.153. The van der Waals surface area contributed by atoms with Crippen molar-refractivity contribution in [1.82, 2.24) is 3.97 Å². The number of Topliss-reactive ketones (excluding diaryl/α,β-unsaturated/α-hetero) is 2. The van der Waals surface area contributed by atoms with Gasteiger partial charge in [0.05, 0.1) is 17.9 Å². The van der Waals surface area contributed by atoms with Gasteiger partial charge in [-0.15, -0.1) is 0 Å². The Balaban J connectivity index is 0.000000521. The second-order valence-corrected chi connectivity index (χ2v) is 7.95. The number of hydrogen-bond donors (Lipinski definition) is 0. The van der Waals surface area contributed by atoms with Crippen molar-refractivity contribution in [3.63, 3.8) is 0 Å². The molecule has 0 radical (unpaired) electrons. The maximum Gasteiger partial charge on any atom is 0.375 e. The fraction of sp³-hybridized carbons (Fsp3) is 0.350. The molecule has 0 N–H and O–H groups in total. The zero-order chi connectivity index (χ0) is 21.3. The van der Waals surface area contributed by atoms with Crippen LogP contribution in [0.1, 0.15) is 36.5 Å². The van der Waals surface area contributed by atoms with E-state index in [4.69, 9.17) is 4.74 Å². The summed E-state index contributed by atoms with van der Waals surface area (Å²) in [4.78, 5) is 34.8. The van der Waals surface area contributed by atoms with Gasteiger partial charge in [0.15, 0.2) is 5.78 Å². The van der Waals surface area contributed by atoms with Crippen molar-refractivity contribution in [2.24, 2.45) is 0 Å². The summed E-state index contributed by atoms with van der Waals surface area (Å²) in [6.45, 7) is 3.58. The number of rotatable bonds is 7. The number of esters is 1. The van der Waals surface area contributed by atoms with Crippen molar-refractivity contribution in [1.29, 1.82) is 0 Å². The van der Waals surface area contributed by atoms with E-state index in [-0.39, 0.29) is 17.1 Å². The Morgan fingerprint density at radius 2 is 1.72 bits per heavy atom. The number of carbonyl (C=O) groups excluding carboxylic acids is 3. The first-order valence-corrected chi connectivity index (χ1v) is 10.6. The lowest BCUT2D eigenvalue weighted by atomic mass is 10.1. The third-order valence-electron chi connectivity index (χ3n) is 3.96. The molecule has 156 valence electrons. The zero-order valence-electron chi connectivity index (χ0n) is 16.1. The first-order chi connectivity index (χ1) is 13.9. The van der Waals surface area contributed by atoms with E-state index < -0.39 is 34.0 Å². The highest BCUT2D eigenvalue weighted by atomic mass is 32.2. The fourth-order valence-corrected chi connectivity index (χ4v) is 3.67. The molecule has 8 nitrogen and oxygen atoms in total. The van der Waals surface area contributed by atoms with E-state index in [1.165, 1.54) is 37.2 Å². The molecule has 1 aromatic heterocycles. The van der Waals surface area contributed by atoms with Gasteiger partial charge in [-0.1, -0.05) is 18.2 Å². The largest absolute Gasteiger partial charge is 0.460 e. The Morgan fingerprint density at radius 1 is 1.07 bits per heavy atom. The topological polar surface area (TPSA) is 109 Å². The third kappa shape index (κ3) is 6.37. The zero-order valence-corrected chi connectivity index (χ0v) is 16.9. The van der Waals surface area contributed by atoms with Gasteiger partial charge in [0.1, 0.15) is 0 Å². The van der Waals surface area contributed by atoms with Crippen LogP contribution in [0.2, 0.25) is 0 Å². The van der Waals surface area contributed by atoms with E-state index in [0.717, 1.165) is 23.4 Å². The quantitative estimate of drug-likeness (QED) is 0.292. The molecular weight excluding hydrogens is 398 g/mol. The lowest BCUT2D eigenvalue weighted by Gasteiger charge is -2.04. The first kappa shape index (κ1) is 22.5. The highest BCUT2D eigenvalue weighted by Gasteiger charge is 2.22. The molecule has 0 atom stereocenters. The molecule has 2 aromatic rings. The minimum Gasteiger partial charge on any atom is -0.460 e. The summed E-state index contributed by atoms with van der Waals surface area (Å²) in [5.74, 6) is -2.71. The monoisotopic (exact) mass is 421 g/mol. The SMILES string of the molecule is C1CCOC1.CCOC(=O)C(=O)CC(=O)c1ccn(S(=O)(=O)c2ccccc2)c1. The molecule has 1 aliphatic rings. The molecule has 3 rings (SSSR count). The summed E-state index contributed by atoms with van der Waals surface area (Å²) < 4.78 is 35.1. The molecule has 0 amide bonds. The van der Waals surface area contributed by atoms with Gasteiger partial charge < -0.3 is 9.47 Å². The highest BCUT2D eigenvalue weighted by Crippen LogP contribution is 2.15. The predicted octanol–water partition coefficient (Wildman–Crippen LogP) is 2.23. The maximum absolute atomic E-state index is 12.4.